The van der Waals surface area contributed by atoms with Crippen molar-refractivity contribution in [2.24, 2.45) is 0 Å². The predicted octanol–water partition coefficient (Wildman–Crippen LogP) is 2.55. The molecule has 1 aromatic rings. The maximum absolute atomic E-state index is 8.91. The normalized spacial score (nSPS) is 9.79. The van der Waals surface area contributed by atoms with Crippen LogP contribution >= 0.6 is 11.8 Å². The van der Waals surface area contributed by atoms with Gasteiger partial charge in [0, 0.05) is 4.90 Å². The van der Waals surface area contributed by atoms with Crippen molar-refractivity contribution < 1.29 is 5.11 Å². The number of aliphatic hydroxyl groups excluding tert-OH is 1. The van der Waals surface area contributed by atoms with E-state index < -0.39 is 0 Å². The molecule has 0 radical (unpaired) electrons. The van der Waals surface area contributed by atoms with Crippen molar-refractivity contribution in [1.29, 1.82) is 5.26 Å². The summed E-state index contributed by atoms with van der Waals surface area (Å²) in [6.07, 6.45) is 1.09. The second kappa shape index (κ2) is 5.69. The number of rotatable bonds is 4. The summed E-state index contributed by atoms with van der Waals surface area (Å²) in [5.74, 6) is 1.02. The average Bonchev–Trinajstić information content (AvgIpc) is 2.26. The molecule has 0 aliphatic heterocycles. The Bertz CT molecular complexity index is 344. The van der Waals surface area contributed by atoms with Crippen LogP contribution in [0.25, 0.3) is 0 Å². The smallest absolute Gasteiger partial charge is 0.100 e. The first-order valence-corrected chi connectivity index (χ1v) is 5.57. The van der Waals surface area contributed by atoms with Gasteiger partial charge in [0.25, 0.3) is 0 Å². The Morgan fingerprint density at radius 3 is 2.86 bits per heavy atom. The third kappa shape index (κ3) is 2.76. The van der Waals surface area contributed by atoms with Crippen molar-refractivity contribution in [3.8, 4) is 6.07 Å². The standard InChI is InChI=1S/C11H13NOS/c1-2-5-14-11-4-3-9(8-13)6-10(11)7-12/h3-4,6,13H,2,5,8H2,1H3. The van der Waals surface area contributed by atoms with Gasteiger partial charge < -0.3 is 5.11 Å². The first kappa shape index (κ1) is 11.1. The summed E-state index contributed by atoms with van der Waals surface area (Å²) in [6, 6.07) is 7.66. The van der Waals surface area contributed by atoms with Crippen LogP contribution in [0.2, 0.25) is 0 Å². The van der Waals surface area contributed by atoms with Crippen molar-refractivity contribution >= 4 is 11.8 Å². The molecular formula is C11H13NOS. The van der Waals surface area contributed by atoms with Gasteiger partial charge >= 0.3 is 0 Å². The number of hydrogen-bond acceptors (Lipinski definition) is 3. The monoisotopic (exact) mass is 207 g/mol. The molecule has 0 aliphatic carbocycles. The van der Waals surface area contributed by atoms with Crippen LogP contribution < -0.4 is 0 Å². The lowest BCUT2D eigenvalue weighted by Crippen LogP contribution is -1.88. The van der Waals surface area contributed by atoms with Crippen molar-refractivity contribution in [3.63, 3.8) is 0 Å². The first-order valence-electron chi connectivity index (χ1n) is 4.58. The molecule has 0 heterocycles. The molecule has 1 aromatic carbocycles. The quantitative estimate of drug-likeness (QED) is 0.772. The summed E-state index contributed by atoms with van der Waals surface area (Å²) < 4.78 is 0. The van der Waals surface area contributed by atoms with Gasteiger partial charge in [-0.15, -0.1) is 11.8 Å². The Morgan fingerprint density at radius 1 is 1.50 bits per heavy atom. The Morgan fingerprint density at radius 2 is 2.29 bits per heavy atom. The first-order chi connectivity index (χ1) is 6.81. The number of aliphatic hydroxyl groups is 1. The van der Waals surface area contributed by atoms with Gasteiger partial charge in [0.1, 0.15) is 6.07 Å². The zero-order chi connectivity index (χ0) is 10.4. The lowest BCUT2D eigenvalue weighted by atomic mass is 10.1. The van der Waals surface area contributed by atoms with E-state index in [1.165, 1.54) is 0 Å². The van der Waals surface area contributed by atoms with Gasteiger partial charge in [0.2, 0.25) is 0 Å². The number of benzene rings is 1. The van der Waals surface area contributed by atoms with Gasteiger partial charge in [-0.3, -0.25) is 0 Å². The molecule has 0 spiro atoms. The molecule has 0 atom stereocenters. The lowest BCUT2D eigenvalue weighted by molar-refractivity contribution is 0.281. The van der Waals surface area contributed by atoms with E-state index in [-0.39, 0.29) is 6.61 Å². The largest absolute Gasteiger partial charge is 0.392 e. The molecule has 0 saturated heterocycles. The van der Waals surface area contributed by atoms with Crippen molar-refractivity contribution in [3.05, 3.63) is 29.3 Å². The molecule has 14 heavy (non-hydrogen) atoms. The van der Waals surface area contributed by atoms with Crippen LogP contribution in [0.3, 0.4) is 0 Å². The van der Waals surface area contributed by atoms with E-state index in [1.54, 1.807) is 17.8 Å². The van der Waals surface area contributed by atoms with E-state index in [0.29, 0.717) is 5.56 Å². The van der Waals surface area contributed by atoms with Crippen LogP contribution in [0.1, 0.15) is 24.5 Å². The molecule has 3 heteroatoms. The maximum Gasteiger partial charge on any atom is 0.100 e. The molecular weight excluding hydrogens is 194 g/mol. The van der Waals surface area contributed by atoms with E-state index in [4.69, 9.17) is 10.4 Å². The maximum atomic E-state index is 8.91. The number of hydrogen-bond donors (Lipinski definition) is 1. The second-order valence-corrected chi connectivity index (χ2v) is 4.09. The SMILES string of the molecule is CCCSc1ccc(CO)cc1C#N. The third-order valence-electron chi connectivity index (χ3n) is 1.81. The summed E-state index contributed by atoms with van der Waals surface area (Å²) in [5, 5.41) is 17.8. The minimum absolute atomic E-state index is 0.00654. The Hall–Kier alpha value is -0.980. The van der Waals surface area contributed by atoms with Crippen LogP contribution in [0, 0.1) is 11.3 Å². The van der Waals surface area contributed by atoms with Gasteiger partial charge in [-0.2, -0.15) is 5.26 Å². The fourth-order valence-corrected chi connectivity index (χ4v) is 1.95. The van der Waals surface area contributed by atoms with Crippen LogP contribution in [-0.4, -0.2) is 10.9 Å². The van der Waals surface area contributed by atoms with Crippen LogP contribution in [-0.2, 0) is 6.61 Å². The molecule has 74 valence electrons. The molecule has 0 saturated carbocycles. The predicted molar refractivity (Wildman–Crippen MR) is 58.1 cm³/mol. The van der Waals surface area contributed by atoms with Crippen molar-refractivity contribution in [1.82, 2.24) is 0 Å². The van der Waals surface area contributed by atoms with E-state index >= 15 is 0 Å². The van der Waals surface area contributed by atoms with Crippen LogP contribution in [0.4, 0.5) is 0 Å². The highest BCUT2D eigenvalue weighted by Gasteiger charge is 2.02. The van der Waals surface area contributed by atoms with Crippen molar-refractivity contribution in [2.75, 3.05) is 5.75 Å². The van der Waals surface area contributed by atoms with Gasteiger partial charge in [0.05, 0.1) is 12.2 Å². The molecule has 1 rings (SSSR count). The molecule has 0 amide bonds. The minimum Gasteiger partial charge on any atom is -0.392 e. The summed E-state index contributed by atoms with van der Waals surface area (Å²) in [4.78, 5) is 1.01. The summed E-state index contributed by atoms with van der Waals surface area (Å²) >= 11 is 1.69. The van der Waals surface area contributed by atoms with Gasteiger partial charge in [-0.25, -0.2) is 0 Å². The summed E-state index contributed by atoms with van der Waals surface area (Å²) in [5.41, 5.74) is 1.46. The molecule has 2 nitrogen and oxygen atoms in total. The van der Waals surface area contributed by atoms with Crippen LogP contribution in [0.15, 0.2) is 23.1 Å². The second-order valence-electron chi connectivity index (χ2n) is 2.95. The Kier molecular flexibility index (Phi) is 4.51. The zero-order valence-corrected chi connectivity index (χ0v) is 8.97. The number of thioether (sulfide) groups is 1. The van der Waals surface area contributed by atoms with Gasteiger partial charge in [-0.05, 0) is 29.9 Å². The van der Waals surface area contributed by atoms with E-state index in [0.717, 1.165) is 22.6 Å². The van der Waals surface area contributed by atoms with Gasteiger partial charge in [0.15, 0.2) is 0 Å². The zero-order valence-electron chi connectivity index (χ0n) is 8.16. The highest BCUT2D eigenvalue weighted by Crippen LogP contribution is 2.23. The van der Waals surface area contributed by atoms with E-state index in [9.17, 15) is 0 Å². The van der Waals surface area contributed by atoms with E-state index in [2.05, 4.69) is 13.0 Å². The summed E-state index contributed by atoms with van der Waals surface area (Å²) in [7, 11) is 0. The van der Waals surface area contributed by atoms with E-state index in [1.807, 2.05) is 12.1 Å². The number of nitriles is 1. The highest BCUT2D eigenvalue weighted by atomic mass is 32.2. The summed E-state index contributed by atoms with van der Waals surface area (Å²) in [6.45, 7) is 2.11. The van der Waals surface area contributed by atoms with Gasteiger partial charge in [-0.1, -0.05) is 13.0 Å². The number of nitrogens with zero attached hydrogens (tertiary/aromatic N) is 1. The molecule has 0 fully saturated rings. The molecule has 0 unspecified atom stereocenters. The van der Waals surface area contributed by atoms with Crippen molar-refractivity contribution in [2.45, 2.75) is 24.8 Å². The minimum atomic E-state index is -0.00654. The molecule has 0 aliphatic rings. The average molecular weight is 207 g/mol. The fourth-order valence-electron chi connectivity index (χ4n) is 1.10. The topological polar surface area (TPSA) is 44.0 Å². The van der Waals surface area contributed by atoms with Crippen LogP contribution in [0.5, 0.6) is 0 Å². The molecule has 0 bridgehead atoms. The molecule has 1 N–H and O–H groups in total. The fraction of sp³-hybridized carbons (Fsp3) is 0.364. The third-order valence-corrected chi connectivity index (χ3v) is 3.09. The lowest BCUT2D eigenvalue weighted by Gasteiger charge is -2.04. The molecule has 0 aromatic heterocycles. The Labute approximate surface area is 88.6 Å². The highest BCUT2D eigenvalue weighted by molar-refractivity contribution is 7.99. The Balaban J connectivity index is 2.89.